The Morgan fingerprint density at radius 1 is 1.55 bits per heavy atom. The van der Waals surface area contributed by atoms with Gasteiger partial charge in [0.05, 0.1) is 0 Å². The number of carbonyl (C=O) groups excluding carboxylic acids is 1. The van der Waals surface area contributed by atoms with Gasteiger partial charge in [0.1, 0.15) is 0 Å². The topological polar surface area (TPSA) is 55.1 Å². The summed E-state index contributed by atoms with van der Waals surface area (Å²) in [6.07, 6.45) is 4.06. The van der Waals surface area contributed by atoms with E-state index in [2.05, 4.69) is 5.32 Å². The molecule has 0 saturated carbocycles. The summed E-state index contributed by atoms with van der Waals surface area (Å²) >= 11 is 0. The molecule has 0 radical (unpaired) electrons. The van der Waals surface area contributed by atoms with E-state index in [0.717, 1.165) is 13.0 Å². The minimum atomic E-state index is -0.195. The zero-order valence-electron chi connectivity index (χ0n) is 6.51. The van der Waals surface area contributed by atoms with E-state index in [4.69, 9.17) is 5.73 Å². The highest BCUT2D eigenvalue weighted by Crippen LogP contribution is 2.08. The quantitative estimate of drug-likeness (QED) is 0.644. The van der Waals surface area contributed by atoms with Crippen LogP contribution in [0.5, 0.6) is 0 Å². The van der Waals surface area contributed by atoms with Crippen molar-refractivity contribution in [3.8, 4) is 0 Å². The van der Waals surface area contributed by atoms with Gasteiger partial charge in [-0.1, -0.05) is 6.42 Å². The number of carbonyl (C=O) groups is 1. The summed E-state index contributed by atoms with van der Waals surface area (Å²) in [4.78, 5) is 10.4. The molecule has 1 saturated heterocycles. The molecular formula is C7H15ClN2O. The van der Waals surface area contributed by atoms with Gasteiger partial charge in [0.15, 0.2) is 0 Å². The molecule has 0 spiro atoms. The lowest BCUT2D eigenvalue weighted by atomic mass is 10.0. The number of nitrogens with two attached hydrogens (primary N) is 1. The van der Waals surface area contributed by atoms with Gasteiger partial charge in [-0.05, 0) is 19.4 Å². The van der Waals surface area contributed by atoms with Gasteiger partial charge in [0.25, 0.3) is 0 Å². The third-order valence-electron chi connectivity index (χ3n) is 1.86. The standard InChI is InChI=1S/C7H14N2O.ClH/c8-7(10)5-6-3-1-2-4-9-6;/h6,9H,1-5H2,(H2,8,10);1H/t6-;/m1./s1. The summed E-state index contributed by atoms with van der Waals surface area (Å²) in [5.74, 6) is -0.195. The maximum absolute atomic E-state index is 10.4. The first-order valence-electron chi connectivity index (χ1n) is 3.81. The van der Waals surface area contributed by atoms with E-state index in [-0.39, 0.29) is 18.3 Å². The molecule has 1 fully saturated rings. The summed E-state index contributed by atoms with van der Waals surface area (Å²) in [5, 5.41) is 3.25. The molecular weight excluding hydrogens is 164 g/mol. The fraction of sp³-hybridized carbons (Fsp3) is 0.857. The van der Waals surface area contributed by atoms with Gasteiger partial charge in [-0.2, -0.15) is 0 Å². The summed E-state index contributed by atoms with van der Waals surface area (Å²) in [6, 6.07) is 0.353. The predicted molar refractivity (Wildman–Crippen MR) is 46.7 cm³/mol. The molecule has 1 heterocycles. The minimum Gasteiger partial charge on any atom is -0.370 e. The van der Waals surface area contributed by atoms with Crippen LogP contribution in [0.1, 0.15) is 25.7 Å². The third-order valence-corrected chi connectivity index (χ3v) is 1.86. The Bertz CT molecular complexity index is 124. The molecule has 3 N–H and O–H groups in total. The number of piperidine rings is 1. The highest BCUT2D eigenvalue weighted by atomic mass is 35.5. The van der Waals surface area contributed by atoms with Gasteiger partial charge in [0, 0.05) is 12.5 Å². The summed E-state index contributed by atoms with van der Waals surface area (Å²) < 4.78 is 0. The zero-order valence-corrected chi connectivity index (χ0v) is 7.32. The Kier molecular flexibility index (Phi) is 5.24. The first kappa shape index (κ1) is 10.7. The Balaban J connectivity index is 0.000001000. The van der Waals surface area contributed by atoms with Crippen LogP contribution < -0.4 is 11.1 Å². The van der Waals surface area contributed by atoms with Crippen LogP contribution >= 0.6 is 12.4 Å². The molecule has 4 heteroatoms. The lowest BCUT2D eigenvalue weighted by Gasteiger charge is -2.21. The maximum Gasteiger partial charge on any atom is 0.218 e. The van der Waals surface area contributed by atoms with E-state index < -0.39 is 0 Å². The van der Waals surface area contributed by atoms with E-state index in [1.165, 1.54) is 12.8 Å². The highest BCUT2D eigenvalue weighted by Gasteiger charge is 2.13. The zero-order chi connectivity index (χ0) is 7.40. The summed E-state index contributed by atoms with van der Waals surface area (Å²) in [6.45, 7) is 1.04. The van der Waals surface area contributed by atoms with Gasteiger partial charge in [0.2, 0.25) is 5.91 Å². The van der Waals surface area contributed by atoms with Crippen LogP contribution in [-0.4, -0.2) is 18.5 Å². The fourth-order valence-corrected chi connectivity index (χ4v) is 1.34. The minimum absolute atomic E-state index is 0. The number of hydrogen-bond acceptors (Lipinski definition) is 2. The molecule has 1 aliphatic heterocycles. The van der Waals surface area contributed by atoms with Crippen LogP contribution in [0.4, 0.5) is 0 Å². The van der Waals surface area contributed by atoms with Gasteiger partial charge in [-0.15, -0.1) is 12.4 Å². The summed E-state index contributed by atoms with van der Waals surface area (Å²) in [7, 11) is 0. The Hall–Kier alpha value is -0.280. The number of nitrogens with one attached hydrogen (secondary N) is 1. The second-order valence-corrected chi connectivity index (χ2v) is 2.82. The molecule has 1 rings (SSSR count). The lowest BCUT2D eigenvalue weighted by molar-refractivity contribution is -0.118. The molecule has 0 aliphatic carbocycles. The van der Waals surface area contributed by atoms with Crippen molar-refractivity contribution in [2.75, 3.05) is 6.54 Å². The van der Waals surface area contributed by atoms with E-state index in [1.807, 2.05) is 0 Å². The molecule has 0 unspecified atom stereocenters. The molecule has 0 aromatic rings. The van der Waals surface area contributed by atoms with Crippen molar-refractivity contribution in [3.63, 3.8) is 0 Å². The summed E-state index contributed by atoms with van der Waals surface area (Å²) in [5.41, 5.74) is 5.04. The average Bonchev–Trinajstić information content (AvgIpc) is 1.88. The monoisotopic (exact) mass is 178 g/mol. The van der Waals surface area contributed by atoms with E-state index in [0.29, 0.717) is 12.5 Å². The van der Waals surface area contributed by atoms with E-state index >= 15 is 0 Å². The molecule has 66 valence electrons. The molecule has 0 bridgehead atoms. The number of halogens is 1. The molecule has 1 atom stereocenters. The maximum atomic E-state index is 10.4. The number of rotatable bonds is 2. The van der Waals surface area contributed by atoms with Gasteiger partial charge in [-0.3, -0.25) is 4.79 Å². The third kappa shape index (κ3) is 4.22. The lowest BCUT2D eigenvalue weighted by Crippen LogP contribution is -2.37. The van der Waals surface area contributed by atoms with Crippen LogP contribution in [0, 0.1) is 0 Å². The van der Waals surface area contributed by atoms with Gasteiger partial charge in [-0.25, -0.2) is 0 Å². The van der Waals surface area contributed by atoms with Crippen molar-refractivity contribution < 1.29 is 4.79 Å². The molecule has 1 aliphatic rings. The normalized spacial score (nSPS) is 23.8. The molecule has 0 aromatic carbocycles. The van der Waals surface area contributed by atoms with Crippen LogP contribution in [0.25, 0.3) is 0 Å². The van der Waals surface area contributed by atoms with Crippen molar-refractivity contribution in [1.29, 1.82) is 0 Å². The second kappa shape index (κ2) is 5.38. The van der Waals surface area contributed by atoms with Crippen LogP contribution in [0.3, 0.4) is 0 Å². The Morgan fingerprint density at radius 3 is 2.73 bits per heavy atom. The van der Waals surface area contributed by atoms with Crippen molar-refractivity contribution in [3.05, 3.63) is 0 Å². The second-order valence-electron chi connectivity index (χ2n) is 2.82. The van der Waals surface area contributed by atoms with E-state index in [1.54, 1.807) is 0 Å². The van der Waals surface area contributed by atoms with Crippen molar-refractivity contribution in [1.82, 2.24) is 5.32 Å². The smallest absolute Gasteiger partial charge is 0.218 e. The highest BCUT2D eigenvalue weighted by molar-refractivity contribution is 5.85. The number of hydrogen-bond donors (Lipinski definition) is 2. The molecule has 3 nitrogen and oxygen atoms in total. The first-order valence-corrected chi connectivity index (χ1v) is 3.81. The van der Waals surface area contributed by atoms with Crippen LogP contribution in [0.2, 0.25) is 0 Å². The average molecular weight is 179 g/mol. The van der Waals surface area contributed by atoms with Gasteiger partial charge >= 0.3 is 0 Å². The van der Waals surface area contributed by atoms with Crippen LogP contribution in [0.15, 0.2) is 0 Å². The van der Waals surface area contributed by atoms with E-state index in [9.17, 15) is 4.79 Å². The van der Waals surface area contributed by atoms with Crippen molar-refractivity contribution in [2.45, 2.75) is 31.7 Å². The molecule has 11 heavy (non-hydrogen) atoms. The fourth-order valence-electron chi connectivity index (χ4n) is 1.34. The predicted octanol–water partition coefficient (Wildman–Crippen LogP) is 0.426. The Morgan fingerprint density at radius 2 is 2.27 bits per heavy atom. The van der Waals surface area contributed by atoms with Crippen LogP contribution in [-0.2, 0) is 4.79 Å². The molecule has 0 aromatic heterocycles. The Labute approximate surface area is 73.1 Å². The molecule has 1 amide bonds. The number of primary amides is 1. The first-order chi connectivity index (χ1) is 4.79. The van der Waals surface area contributed by atoms with Crippen molar-refractivity contribution in [2.24, 2.45) is 5.73 Å². The van der Waals surface area contributed by atoms with Gasteiger partial charge < -0.3 is 11.1 Å². The van der Waals surface area contributed by atoms with Crippen molar-refractivity contribution >= 4 is 18.3 Å². The SMILES string of the molecule is Cl.NC(=O)C[C@H]1CCCCN1. The number of amides is 1. The largest absolute Gasteiger partial charge is 0.370 e.